The molecule has 2 heterocycles. The zero-order chi connectivity index (χ0) is 12.4. The summed E-state index contributed by atoms with van der Waals surface area (Å²) in [7, 11) is 0. The van der Waals surface area contributed by atoms with Crippen LogP contribution in [0.15, 0.2) is 30.3 Å². The number of nitrogens with one attached hydrogen (secondary N) is 1. The van der Waals surface area contributed by atoms with Gasteiger partial charge in [-0.3, -0.25) is 0 Å². The Hall–Kier alpha value is -1.59. The van der Waals surface area contributed by atoms with E-state index in [0.29, 0.717) is 11.9 Å². The maximum absolute atomic E-state index is 5.98. The molecule has 1 aliphatic rings. The summed E-state index contributed by atoms with van der Waals surface area (Å²) < 4.78 is 9.62. The molecule has 4 nitrogen and oxygen atoms in total. The highest BCUT2D eigenvalue weighted by atomic mass is 32.1. The van der Waals surface area contributed by atoms with Gasteiger partial charge in [-0.15, -0.1) is 0 Å². The minimum atomic E-state index is 0.368. The molecular weight excluding hydrogens is 246 g/mol. The molecule has 1 aromatic heterocycles. The Morgan fingerprint density at radius 3 is 2.89 bits per heavy atom. The molecular formula is C13H15N3OS. The topological polar surface area (TPSA) is 60.2 Å². The Balaban J connectivity index is 1.91. The lowest BCUT2D eigenvalue weighted by molar-refractivity contribution is 0.195. The summed E-state index contributed by atoms with van der Waals surface area (Å²) in [4.78, 5) is 0. The SMILES string of the molecule is Nc1nsc(NC2CCOC2)c1-c1ccccc1. The van der Waals surface area contributed by atoms with Crippen LogP contribution in [0.25, 0.3) is 11.1 Å². The largest absolute Gasteiger partial charge is 0.382 e. The Kier molecular flexibility index (Phi) is 3.17. The highest BCUT2D eigenvalue weighted by molar-refractivity contribution is 7.11. The fourth-order valence-electron chi connectivity index (χ4n) is 2.12. The molecule has 0 aliphatic carbocycles. The first kappa shape index (κ1) is 11.5. The lowest BCUT2D eigenvalue weighted by atomic mass is 10.1. The summed E-state index contributed by atoms with van der Waals surface area (Å²) in [5, 5.41) is 4.52. The number of benzene rings is 1. The second-order valence-electron chi connectivity index (χ2n) is 4.34. The van der Waals surface area contributed by atoms with Gasteiger partial charge < -0.3 is 15.8 Å². The van der Waals surface area contributed by atoms with E-state index in [1.165, 1.54) is 11.5 Å². The van der Waals surface area contributed by atoms with Crippen molar-refractivity contribution in [3.8, 4) is 11.1 Å². The van der Waals surface area contributed by atoms with E-state index in [2.05, 4.69) is 21.8 Å². The predicted molar refractivity (Wildman–Crippen MR) is 74.8 cm³/mol. The van der Waals surface area contributed by atoms with E-state index in [-0.39, 0.29) is 0 Å². The van der Waals surface area contributed by atoms with Crippen molar-refractivity contribution in [2.45, 2.75) is 12.5 Å². The van der Waals surface area contributed by atoms with Gasteiger partial charge in [0.1, 0.15) is 10.8 Å². The summed E-state index contributed by atoms with van der Waals surface area (Å²) in [5.41, 5.74) is 8.08. The van der Waals surface area contributed by atoms with E-state index in [1.807, 2.05) is 18.2 Å². The van der Waals surface area contributed by atoms with Gasteiger partial charge in [0.25, 0.3) is 0 Å². The van der Waals surface area contributed by atoms with E-state index in [1.54, 1.807) is 0 Å². The van der Waals surface area contributed by atoms with Crippen LogP contribution in [0.5, 0.6) is 0 Å². The molecule has 5 heteroatoms. The first-order chi connectivity index (χ1) is 8.84. The zero-order valence-electron chi connectivity index (χ0n) is 9.93. The number of anilines is 2. The predicted octanol–water partition coefficient (Wildman–Crippen LogP) is 2.59. The van der Waals surface area contributed by atoms with Crippen LogP contribution in [0.3, 0.4) is 0 Å². The third-order valence-electron chi connectivity index (χ3n) is 3.05. The first-order valence-electron chi connectivity index (χ1n) is 5.99. The molecule has 1 unspecified atom stereocenters. The molecule has 2 aromatic rings. The monoisotopic (exact) mass is 261 g/mol. The summed E-state index contributed by atoms with van der Waals surface area (Å²) in [5.74, 6) is 0.590. The van der Waals surface area contributed by atoms with Crippen LogP contribution < -0.4 is 11.1 Å². The van der Waals surface area contributed by atoms with Gasteiger partial charge in [-0.25, -0.2) is 0 Å². The Bertz CT molecular complexity index is 520. The van der Waals surface area contributed by atoms with Crippen molar-refractivity contribution in [3.05, 3.63) is 30.3 Å². The zero-order valence-corrected chi connectivity index (χ0v) is 10.7. The molecule has 1 atom stereocenters. The van der Waals surface area contributed by atoms with Gasteiger partial charge in [0.05, 0.1) is 18.2 Å². The quantitative estimate of drug-likeness (QED) is 0.891. The Morgan fingerprint density at radius 1 is 1.33 bits per heavy atom. The summed E-state index contributed by atoms with van der Waals surface area (Å²) in [6.45, 7) is 1.58. The summed E-state index contributed by atoms with van der Waals surface area (Å²) in [6.07, 6.45) is 1.03. The van der Waals surface area contributed by atoms with Crippen LogP contribution in [-0.4, -0.2) is 23.6 Å². The van der Waals surface area contributed by atoms with Crippen molar-refractivity contribution in [1.82, 2.24) is 4.37 Å². The minimum Gasteiger partial charge on any atom is -0.382 e. The molecule has 18 heavy (non-hydrogen) atoms. The summed E-state index contributed by atoms with van der Waals surface area (Å²) in [6, 6.07) is 10.5. The number of nitrogens with zero attached hydrogens (tertiary/aromatic N) is 1. The normalized spacial score (nSPS) is 19.0. The molecule has 3 N–H and O–H groups in total. The van der Waals surface area contributed by atoms with E-state index < -0.39 is 0 Å². The van der Waals surface area contributed by atoms with E-state index >= 15 is 0 Å². The molecule has 0 saturated carbocycles. The number of hydrogen-bond donors (Lipinski definition) is 2. The number of nitrogens with two attached hydrogens (primary N) is 1. The molecule has 1 saturated heterocycles. The maximum Gasteiger partial charge on any atom is 0.147 e. The van der Waals surface area contributed by atoms with Crippen LogP contribution in [0, 0.1) is 0 Å². The van der Waals surface area contributed by atoms with Crippen molar-refractivity contribution in [2.24, 2.45) is 0 Å². The highest BCUT2D eigenvalue weighted by Crippen LogP contribution is 2.37. The molecule has 94 valence electrons. The third-order valence-corrected chi connectivity index (χ3v) is 3.84. The molecule has 1 aliphatic heterocycles. The van der Waals surface area contributed by atoms with Crippen molar-refractivity contribution in [1.29, 1.82) is 0 Å². The van der Waals surface area contributed by atoms with Crippen molar-refractivity contribution in [2.75, 3.05) is 24.3 Å². The second-order valence-corrected chi connectivity index (χ2v) is 5.12. The molecule has 0 radical (unpaired) electrons. The molecule has 0 bridgehead atoms. The van der Waals surface area contributed by atoms with Crippen molar-refractivity contribution in [3.63, 3.8) is 0 Å². The van der Waals surface area contributed by atoms with Gasteiger partial charge in [-0.1, -0.05) is 30.3 Å². The maximum atomic E-state index is 5.98. The standard InChI is InChI=1S/C13H15N3OS/c14-12-11(9-4-2-1-3-5-9)13(18-16-12)15-10-6-7-17-8-10/h1-5,10,15H,6-8H2,(H2,14,16). The number of aromatic nitrogens is 1. The van der Waals surface area contributed by atoms with Crippen LogP contribution in [-0.2, 0) is 4.74 Å². The van der Waals surface area contributed by atoms with Gasteiger partial charge in [-0.2, -0.15) is 4.37 Å². The Morgan fingerprint density at radius 2 is 2.17 bits per heavy atom. The number of rotatable bonds is 3. The van der Waals surface area contributed by atoms with Crippen molar-refractivity contribution >= 4 is 22.4 Å². The fraction of sp³-hybridized carbons (Fsp3) is 0.308. The van der Waals surface area contributed by atoms with Crippen LogP contribution in [0.4, 0.5) is 10.8 Å². The average molecular weight is 261 g/mol. The molecule has 1 aromatic carbocycles. The number of nitrogen functional groups attached to an aromatic ring is 1. The van der Waals surface area contributed by atoms with E-state index in [9.17, 15) is 0 Å². The molecule has 0 spiro atoms. The van der Waals surface area contributed by atoms with Crippen molar-refractivity contribution < 1.29 is 4.74 Å². The smallest absolute Gasteiger partial charge is 0.147 e. The average Bonchev–Trinajstić information content (AvgIpc) is 3.02. The molecule has 1 fully saturated rings. The number of hydrogen-bond acceptors (Lipinski definition) is 5. The van der Waals surface area contributed by atoms with Gasteiger partial charge >= 0.3 is 0 Å². The van der Waals surface area contributed by atoms with Gasteiger partial charge in [-0.05, 0) is 23.5 Å². The lowest BCUT2D eigenvalue weighted by Crippen LogP contribution is -2.18. The van der Waals surface area contributed by atoms with E-state index in [0.717, 1.165) is 35.8 Å². The molecule has 3 rings (SSSR count). The van der Waals surface area contributed by atoms with Gasteiger partial charge in [0, 0.05) is 6.61 Å². The Labute approximate surface area is 110 Å². The van der Waals surface area contributed by atoms with Gasteiger partial charge in [0.2, 0.25) is 0 Å². The second kappa shape index (κ2) is 4.96. The minimum absolute atomic E-state index is 0.368. The fourth-order valence-corrected chi connectivity index (χ4v) is 2.93. The lowest BCUT2D eigenvalue weighted by Gasteiger charge is -2.12. The first-order valence-corrected chi connectivity index (χ1v) is 6.77. The van der Waals surface area contributed by atoms with Gasteiger partial charge in [0.15, 0.2) is 0 Å². The molecule has 0 amide bonds. The van der Waals surface area contributed by atoms with Crippen LogP contribution in [0.1, 0.15) is 6.42 Å². The van der Waals surface area contributed by atoms with Crippen LogP contribution in [0.2, 0.25) is 0 Å². The third kappa shape index (κ3) is 2.19. The summed E-state index contributed by atoms with van der Waals surface area (Å²) >= 11 is 1.42. The number of ether oxygens (including phenoxy) is 1. The highest BCUT2D eigenvalue weighted by Gasteiger charge is 2.20. The van der Waals surface area contributed by atoms with Crippen LogP contribution >= 0.6 is 11.5 Å². The van der Waals surface area contributed by atoms with E-state index in [4.69, 9.17) is 10.5 Å².